The molecule has 0 saturated carbocycles. The Kier molecular flexibility index (Phi) is 4.96. The lowest BCUT2D eigenvalue weighted by atomic mass is 10.1. The maximum Gasteiger partial charge on any atom is 0.209 e. The van der Waals surface area contributed by atoms with Crippen molar-refractivity contribution >= 4 is 17.7 Å². The number of hydrogen-bond donors (Lipinski definition) is 1. The van der Waals surface area contributed by atoms with E-state index in [2.05, 4.69) is 16.8 Å². The number of fused-ring (bicyclic) bond motifs is 1. The Morgan fingerprint density at radius 1 is 1.21 bits per heavy atom. The molecule has 1 atom stereocenters. The van der Waals surface area contributed by atoms with Gasteiger partial charge in [-0.1, -0.05) is 5.92 Å². The molecular weight excluding hydrogens is 370 g/mol. The van der Waals surface area contributed by atoms with Gasteiger partial charge in [-0.2, -0.15) is 0 Å². The van der Waals surface area contributed by atoms with Crippen LogP contribution in [0.5, 0.6) is 11.5 Å². The smallest absolute Gasteiger partial charge is 0.209 e. The van der Waals surface area contributed by atoms with Crippen molar-refractivity contribution < 1.29 is 14.3 Å². The number of amides is 1. The number of carbonyl (C=O) groups excluding carboxylic acids is 1. The summed E-state index contributed by atoms with van der Waals surface area (Å²) >= 11 is 0. The third-order valence-corrected chi connectivity index (χ3v) is 5.02. The Balaban J connectivity index is 1.78. The first kappa shape index (κ1) is 18.6. The van der Waals surface area contributed by atoms with Gasteiger partial charge in [0.05, 0.1) is 14.2 Å². The first-order chi connectivity index (χ1) is 14.1. The average molecular weight is 391 g/mol. The summed E-state index contributed by atoms with van der Waals surface area (Å²) in [6, 6.07) is 5.45. The number of carbonyl (C=O) groups is 1. The number of nitrogen functional groups attached to an aromatic ring is 1. The van der Waals surface area contributed by atoms with Crippen molar-refractivity contribution in [1.29, 1.82) is 0 Å². The van der Waals surface area contributed by atoms with Gasteiger partial charge in [-0.05, 0) is 24.5 Å². The molecule has 1 aromatic carbocycles. The molecule has 1 aliphatic rings. The van der Waals surface area contributed by atoms with Gasteiger partial charge in [0.15, 0.2) is 5.82 Å². The number of ether oxygens (including phenoxy) is 2. The predicted octanol–water partition coefficient (Wildman–Crippen LogP) is 1.67. The zero-order chi connectivity index (χ0) is 20.4. The van der Waals surface area contributed by atoms with E-state index in [9.17, 15) is 4.79 Å². The summed E-state index contributed by atoms with van der Waals surface area (Å²) in [6.45, 7) is 1.35. The van der Waals surface area contributed by atoms with E-state index in [0.717, 1.165) is 24.2 Å². The molecule has 3 heterocycles. The van der Waals surface area contributed by atoms with Gasteiger partial charge in [0.25, 0.3) is 0 Å². The summed E-state index contributed by atoms with van der Waals surface area (Å²) in [6.07, 6.45) is 5.20. The second kappa shape index (κ2) is 7.72. The molecule has 1 aliphatic heterocycles. The van der Waals surface area contributed by atoms with Crippen molar-refractivity contribution in [2.24, 2.45) is 0 Å². The van der Waals surface area contributed by atoms with Crippen LogP contribution in [0, 0.1) is 11.8 Å². The molecule has 2 N–H and O–H groups in total. The number of likely N-dealkylation sites (tertiary alicyclic amines) is 1. The zero-order valence-electron chi connectivity index (χ0n) is 16.3. The summed E-state index contributed by atoms with van der Waals surface area (Å²) in [5.41, 5.74) is 8.10. The Bertz CT molecular complexity index is 1110. The van der Waals surface area contributed by atoms with Crippen molar-refractivity contribution in [3.8, 4) is 23.3 Å². The maximum atomic E-state index is 11.1. The molecule has 1 amide bonds. The van der Waals surface area contributed by atoms with Crippen molar-refractivity contribution in [3.05, 3.63) is 47.7 Å². The van der Waals surface area contributed by atoms with Crippen LogP contribution in [0.3, 0.4) is 0 Å². The zero-order valence-corrected chi connectivity index (χ0v) is 16.3. The van der Waals surface area contributed by atoms with Crippen molar-refractivity contribution in [2.45, 2.75) is 12.3 Å². The number of nitrogens with two attached hydrogens (primary N) is 1. The summed E-state index contributed by atoms with van der Waals surface area (Å²) < 4.78 is 12.5. The van der Waals surface area contributed by atoms with E-state index in [-0.39, 0.29) is 5.92 Å². The standard InChI is InChI=1S/C21H21N5O3/c1-28-16-9-14(10-17(11-16)29-2)3-4-18-19-20(22)23-6-8-26(19)21(24-18)15-5-7-25(12-15)13-27/h6,8-11,13,15H,5,7,12H2,1-2H3,(H2,22,23). The highest BCUT2D eigenvalue weighted by atomic mass is 16.5. The highest BCUT2D eigenvalue weighted by Crippen LogP contribution is 2.29. The fourth-order valence-electron chi connectivity index (χ4n) is 3.57. The van der Waals surface area contributed by atoms with Crippen molar-refractivity contribution in [1.82, 2.24) is 19.3 Å². The molecule has 8 nitrogen and oxygen atoms in total. The predicted molar refractivity (Wildman–Crippen MR) is 108 cm³/mol. The fraction of sp³-hybridized carbons (Fsp3) is 0.286. The Hall–Kier alpha value is -3.73. The topological polar surface area (TPSA) is 95.0 Å². The van der Waals surface area contributed by atoms with E-state index in [0.29, 0.717) is 41.6 Å². The molecule has 0 aliphatic carbocycles. The number of rotatable bonds is 4. The quantitative estimate of drug-likeness (QED) is 0.537. The largest absolute Gasteiger partial charge is 0.497 e. The monoisotopic (exact) mass is 391 g/mol. The highest BCUT2D eigenvalue weighted by molar-refractivity contribution is 5.73. The molecule has 29 heavy (non-hydrogen) atoms. The summed E-state index contributed by atoms with van der Waals surface area (Å²) in [7, 11) is 3.19. The minimum atomic E-state index is 0.127. The summed E-state index contributed by atoms with van der Waals surface area (Å²) in [5, 5.41) is 0. The van der Waals surface area contributed by atoms with Crippen LogP contribution in [0.2, 0.25) is 0 Å². The van der Waals surface area contributed by atoms with Crippen LogP contribution in [0.25, 0.3) is 5.52 Å². The first-order valence-electron chi connectivity index (χ1n) is 9.19. The lowest BCUT2D eigenvalue weighted by Gasteiger charge is -2.09. The van der Waals surface area contributed by atoms with Crippen LogP contribution >= 0.6 is 0 Å². The van der Waals surface area contributed by atoms with E-state index >= 15 is 0 Å². The number of aromatic nitrogens is 3. The van der Waals surface area contributed by atoms with Crippen LogP contribution < -0.4 is 15.2 Å². The Morgan fingerprint density at radius 3 is 2.62 bits per heavy atom. The van der Waals surface area contributed by atoms with Crippen molar-refractivity contribution in [3.63, 3.8) is 0 Å². The molecule has 8 heteroatoms. The Labute approximate surface area is 168 Å². The second-order valence-corrected chi connectivity index (χ2v) is 6.79. The molecule has 1 saturated heterocycles. The van der Waals surface area contributed by atoms with Gasteiger partial charge < -0.3 is 20.1 Å². The maximum absolute atomic E-state index is 11.1. The van der Waals surface area contributed by atoms with Gasteiger partial charge in [0.2, 0.25) is 6.41 Å². The minimum Gasteiger partial charge on any atom is -0.497 e. The normalized spacial score (nSPS) is 15.8. The van der Waals surface area contributed by atoms with Crippen molar-refractivity contribution in [2.75, 3.05) is 33.0 Å². The average Bonchev–Trinajstić information content (AvgIpc) is 3.37. The number of methoxy groups -OCH3 is 2. The van der Waals surface area contributed by atoms with E-state index < -0.39 is 0 Å². The van der Waals surface area contributed by atoms with Crippen LogP contribution in [-0.2, 0) is 4.79 Å². The van der Waals surface area contributed by atoms with E-state index in [4.69, 9.17) is 20.2 Å². The minimum absolute atomic E-state index is 0.127. The van der Waals surface area contributed by atoms with Gasteiger partial charge in [-0.15, -0.1) is 0 Å². The summed E-state index contributed by atoms with van der Waals surface area (Å²) in [5.74, 6) is 8.88. The Morgan fingerprint density at radius 2 is 1.97 bits per heavy atom. The first-order valence-corrected chi connectivity index (χ1v) is 9.19. The number of hydrogen-bond acceptors (Lipinski definition) is 6. The summed E-state index contributed by atoms with van der Waals surface area (Å²) in [4.78, 5) is 21.8. The molecule has 0 radical (unpaired) electrons. The van der Waals surface area contributed by atoms with Gasteiger partial charge in [0.1, 0.15) is 28.5 Å². The van der Waals surface area contributed by atoms with Gasteiger partial charge >= 0.3 is 0 Å². The van der Waals surface area contributed by atoms with Gasteiger partial charge in [-0.3, -0.25) is 9.20 Å². The third-order valence-electron chi connectivity index (χ3n) is 5.02. The van der Waals surface area contributed by atoms with Crippen LogP contribution in [-0.4, -0.2) is 53.0 Å². The molecule has 3 aromatic rings. The lowest BCUT2D eigenvalue weighted by Crippen LogP contribution is -2.18. The number of anilines is 1. The van der Waals surface area contributed by atoms with E-state index in [1.54, 1.807) is 31.4 Å². The molecular formula is C21H21N5O3. The number of benzene rings is 1. The lowest BCUT2D eigenvalue weighted by molar-refractivity contribution is -0.117. The van der Waals surface area contributed by atoms with Gasteiger partial charge in [-0.25, -0.2) is 9.97 Å². The van der Waals surface area contributed by atoms with Crippen LogP contribution in [0.4, 0.5) is 5.82 Å². The molecule has 4 rings (SSSR count). The molecule has 1 unspecified atom stereocenters. The molecule has 1 fully saturated rings. The molecule has 148 valence electrons. The second-order valence-electron chi connectivity index (χ2n) is 6.79. The molecule has 0 spiro atoms. The van der Waals surface area contributed by atoms with E-state index in [1.807, 2.05) is 22.7 Å². The molecule has 0 bridgehead atoms. The SMILES string of the molecule is COc1cc(C#Cc2nc(C3CCN(C=O)C3)n3ccnc(N)c23)cc(OC)c1. The van der Waals surface area contributed by atoms with Crippen LogP contribution in [0.1, 0.15) is 29.4 Å². The molecule has 2 aromatic heterocycles. The fourth-order valence-corrected chi connectivity index (χ4v) is 3.57. The highest BCUT2D eigenvalue weighted by Gasteiger charge is 2.27. The van der Waals surface area contributed by atoms with Gasteiger partial charge in [0, 0.05) is 43.0 Å². The number of imidazole rings is 1. The number of nitrogens with zero attached hydrogens (tertiary/aromatic N) is 4. The van der Waals surface area contributed by atoms with Crippen LogP contribution in [0.15, 0.2) is 30.6 Å². The van der Waals surface area contributed by atoms with E-state index in [1.165, 1.54) is 0 Å². The third kappa shape index (κ3) is 3.55.